The highest BCUT2D eigenvalue weighted by molar-refractivity contribution is 7.89. The van der Waals surface area contributed by atoms with Crippen LogP contribution in [-0.4, -0.2) is 35.1 Å². The minimum Gasteiger partial charge on any atom is -0.263 e. The van der Waals surface area contributed by atoms with Crippen molar-refractivity contribution in [1.29, 1.82) is 0 Å². The molecule has 0 aliphatic carbocycles. The second kappa shape index (κ2) is 5.93. The number of non-ortho nitro benzene ring substituents is 1. The van der Waals surface area contributed by atoms with Gasteiger partial charge in [0.25, 0.3) is 5.69 Å². The zero-order chi connectivity index (χ0) is 15.5. The Morgan fingerprint density at radius 3 is 2.81 bits per heavy atom. The van der Waals surface area contributed by atoms with E-state index >= 15 is 0 Å². The molecule has 1 aromatic carbocycles. The lowest BCUT2D eigenvalue weighted by molar-refractivity contribution is -0.385. The Kier molecular flexibility index (Phi) is 4.23. The van der Waals surface area contributed by atoms with Gasteiger partial charge >= 0.3 is 0 Å². The highest BCUT2D eigenvalue weighted by Crippen LogP contribution is 2.20. The van der Waals surface area contributed by atoms with E-state index in [1.54, 1.807) is 0 Å². The molecule has 1 aromatic heterocycles. The van der Waals surface area contributed by atoms with E-state index in [1.165, 1.54) is 6.33 Å². The number of aromatic nitrogens is 3. The lowest BCUT2D eigenvalue weighted by atomic mass is 10.3. The van der Waals surface area contributed by atoms with Gasteiger partial charge in [-0.1, -0.05) is 0 Å². The van der Waals surface area contributed by atoms with E-state index in [2.05, 4.69) is 19.9 Å². The summed E-state index contributed by atoms with van der Waals surface area (Å²) < 4.78 is 39.6. The fourth-order valence-electron chi connectivity index (χ4n) is 1.54. The van der Waals surface area contributed by atoms with Gasteiger partial charge in [-0.25, -0.2) is 22.5 Å². The average molecular weight is 315 g/mol. The number of H-pyrrole nitrogens is 1. The molecule has 2 aromatic rings. The van der Waals surface area contributed by atoms with Crippen molar-refractivity contribution in [3.8, 4) is 0 Å². The summed E-state index contributed by atoms with van der Waals surface area (Å²) in [5.41, 5.74) is -0.507. The Hall–Kier alpha value is -2.40. The van der Waals surface area contributed by atoms with Crippen LogP contribution in [0, 0.1) is 15.9 Å². The number of aromatic amines is 1. The summed E-state index contributed by atoms with van der Waals surface area (Å²) in [7, 11) is -4.19. The van der Waals surface area contributed by atoms with Crippen molar-refractivity contribution in [3.05, 3.63) is 46.3 Å². The summed E-state index contributed by atoms with van der Waals surface area (Å²) in [5, 5.41) is 16.7. The number of nitro benzene ring substituents is 1. The minimum absolute atomic E-state index is 0.0559. The molecular weight excluding hydrogens is 305 g/mol. The Balaban J connectivity index is 2.15. The van der Waals surface area contributed by atoms with Gasteiger partial charge in [-0.15, -0.1) is 0 Å². The molecule has 0 bridgehead atoms. The van der Waals surface area contributed by atoms with Crippen molar-refractivity contribution in [1.82, 2.24) is 19.9 Å². The maximum absolute atomic E-state index is 13.6. The summed E-state index contributed by atoms with van der Waals surface area (Å²) in [5.74, 6) is -0.607. The maximum Gasteiger partial charge on any atom is 0.270 e. The van der Waals surface area contributed by atoms with Crippen molar-refractivity contribution in [3.63, 3.8) is 0 Å². The minimum atomic E-state index is -4.19. The number of nitro groups is 1. The fourth-order valence-corrected chi connectivity index (χ4v) is 2.67. The van der Waals surface area contributed by atoms with E-state index in [-0.39, 0.29) is 13.0 Å². The number of hydrogen-bond donors (Lipinski definition) is 2. The number of sulfonamides is 1. The molecule has 2 N–H and O–H groups in total. The highest BCUT2D eigenvalue weighted by atomic mass is 32.2. The lowest BCUT2D eigenvalue weighted by Crippen LogP contribution is -2.27. The number of benzene rings is 1. The van der Waals surface area contributed by atoms with Crippen LogP contribution in [0.5, 0.6) is 0 Å². The quantitative estimate of drug-likeness (QED) is 0.585. The van der Waals surface area contributed by atoms with Crippen LogP contribution < -0.4 is 4.72 Å². The Bertz CT molecular complexity index is 747. The number of nitrogens with zero attached hydrogens (tertiary/aromatic N) is 3. The molecule has 0 radical (unpaired) electrons. The van der Waals surface area contributed by atoms with E-state index in [0.29, 0.717) is 11.9 Å². The number of nitrogens with one attached hydrogen (secondary N) is 2. The topological polar surface area (TPSA) is 131 Å². The first-order valence-electron chi connectivity index (χ1n) is 5.68. The summed E-state index contributed by atoms with van der Waals surface area (Å²) in [6, 6.07) is 2.30. The predicted octanol–water partition coefficient (Wildman–Crippen LogP) is 0.373. The molecule has 2 rings (SSSR count). The van der Waals surface area contributed by atoms with Gasteiger partial charge in [-0.2, -0.15) is 5.10 Å². The molecular formula is C10H10FN5O4S. The summed E-state index contributed by atoms with van der Waals surface area (Å²) in [6.45, 7) is -0.0559. The zero-order valence-corrected chi connectivity index (χ0v) is 11.3. The molecule has 0 atom stereocenters. The van der Waals surface area contributed by atoms with Crippen LogP contribution >= 0.6 is 0 Å². The maximum atomic E-state index is 13.6. The van der Waals surface area contributed by atoms with Gasteiger partial charge in [-0.3, -0.25) is 15.2 Å². The summed E-state index contributed by atoms with van der Waals surface area (Å²) >= 11 is 0. The first-order valence-corrected chi connectivity index (χ1v) is 7.16. The molecule has 11 heteroatoms. The molecule has 9 nitrogen and oxygen atoms in total. The molecule has 1 heterocycles. The van der Waals surface area contributed by atoms with Crippen molar-refractivity contribution in [2.45, 2.75) is 11.3 Å². The summed E-state index contributed by atoms with van der Waals surface area (Å²) in [4.78, 5) is 12.8. The van der Waals surface area contributed by atoms with Crippen LogP contribution in [0.4, 0.5) is 10.1 Å². The van der Waals surface area contributed by atoms with Gasteiger partial charge in [0.05, 0.1) is 4.92 Å². The van der Waals surface area contributed by atoms with E-state index in [4.69, 9.17) is 0 Å². The third-order valence-electron chi connectivity index (χ3n) is 2.53. The number of rotatable bonds is 6. The van der Waals surface area contributed by atoms with E-state index < -0.39 is 31.3 Å². The SMILES string of the molecule is O=[N+]([O-])c1ccc(F)c(S(=O)(=O)NCCc2ncn[nH]2)c1. The van der Waals surface area contributed by atoms with Gasteiger partial charge in [0.2, 0.25) is 10.0 Å². The Morgan fingerprint density at radius 2 is 2.19 bits per heavy atom. The first kappa shape index (κ1) is 15.0. The molecule has 0 aliphatic rings. The van der Waals surface area contributed by atoms with Crippen LogP contribution in [0.15, 0.2) is 29.4 Å². The Labute approximate surface area is 118 Å². The molecule has 0 saturated heterocycles. The van der Waals surface area contributed by atoms with Crippen molar-refractivity contribution < 1.29 is 17.7 Å². The summed E-state index contributed by atoms with van der Waals surface area (Å²) in [6.07, 6.45) is 1.49. The number of hydrogen-bond acceptors (Lipinski definition) is 6. The molecule has 21 heavy (non-hydrogen) atoms. The van der Waals surface area contributed by atoms with E-state index in [1.807, 2.05) is 0 Å². The van der Waals surface area contributed by atoms with Crippen LogP contribution in [0.1, 0.15) is 5.82 Å². The van der Waals surface area contributed by atoms with Gasteiger partial charge < -0.3 is 0 Å². The monoisotopic (exact) mass is 315 g/mol. The van der Waals surface area contributed by atoms with Gasteiger partial charge in [-0.05, 0) is 6.07 Å². The molecule has 0 spiro atoms. The molecule has 0 saturated carbocycles. The van der Waals surface area contributed by atoms with Crippen molar-refractivity contribution in [2.75, 3.05) is 6.54 Å². The zero-order valence-electron chi connectivity index (χ0n) is 10.5. The van der Waals surface area contributed by atoms with Crippen LogP contribution in [-0.2, 0) is 16.4 Å². The first-order chi connectivity index (χ1) is 9.90. The lowest BCUT2D eigenvalue weighted by Gasteiger charge is -2.06. The Morgan fingerprint density at radius 1 is 1.43 bits per heavy atom. The van der Waals surface area contributed by atoms with E-state index in [0.717, 1.165) is 12.1 Å². The highest BCUT2D eigenvalue weighted by Gasteiger charge is 2.22. The molecule has 0 aliphatic heterocycles. The molecule has 0 unspecified atom stereocenters. The largest absolute Gasteiger partial charge is 0.270 e. The second-order valence-electron chi connectivity index (χ2n) is 3.95. The van der Waals surface area contributed by atoms with Crippen LogP contribution in [0.25, 0.3) is 0 Å². The second-order valence-corrected chi connectivity index (χ2v) is 5.69. The van der Waals surface area contributed by atoms with Gasteiger partial charge in [0.15, 0.2) is 0 Å². The standard InChI is InChI=1S/C10H10FN5O4S/c11-8-2-1-7(16(17)18)5-9(8)21(19,20)14-4-3-10-12-6-13-15-10/h1-2,5-6,14H,3-4H2,(H,12,13,15). The average Bonchev–Trinajstić information content (AvgIpc) is 2.91. The predicted molar refractivity (Wildman–Crippen MR) is 68.3 cm³/mol. The van der Waals surface area contributed by atoms with Crippen LogP contribution in [0.2, 0.25) is 0 Å². The molecule has 0 fully saturated rings. The van der Waals surface area contributed by atoms with Crippen LogP contribution in [0.3, 0.4) is 0 Å². The van der Waals surface area contributed by atoms with Gasteiger partial charge in [0, 0.05) is 25.1 Å². The normalized spacial score (nSPS) is 11.5. The smallest absolute Gasteiger partial charge is 0.263 e. The van der Waals surface area contributed by atoms with Crippen molar-refractivity contribution in [2.24, 2.45) is 0 Å². The third-order valence-corrected chi connectivity index (χ3v) is 4.01. The van der Waals surface area contributed by atoms with Crippen molar-refractivity contribution >= 4 is 15.7 Å². The van der Waals surface area contributed by atoms with E-state index in [9.17, 15) is 22.9 Å². The molecule has 0 amide bonds. The number of halogens is 1. The van der Waals surface area contributed by atoms with Gasteiger partial charge in [0.1, 0.15) is 22.9 Å². The fraction of sp³-hybridized carbons (Fsp3) is 0.200. The third kappa shape index (κ3) is 3.58. The molecule has 112 valence electrons.